The van der Waals surface area contributed by atoms with E-state index in [1.807, 2.05) is 0 Å². The summed E-state index contributed by atoms with van der Waals surface area (Å²) in [5.74, 6) is 4.81. The molecule has 0 radical (unpaired) electrons. The Hall–Kier alpha value is -0.960. The van der Waals surface area contributed by atoms with Crippen LogP contribution < -0.4 is 16.9 Å². The van der Waals surface area contributed by atoms with Crippen LogP contribution in [0.3, 0.4) is 0 Å². The highest BCUT2D eigenvalue weighted by atomic mass is 32.2. The van der Waals surface area contributed by atoms with Gasteiger partial charge in [0.15, 0.2) is 15.0 Å². The normalized spacial score (nSPS) is 27.9. The minimum atomic E-state index is -3.03. The number of nitrogens with zero attached hydrogens (tertiary/aromatic N) is 1. The summed E-state index contributed by atoms with van der Waals surface area (Å²) in [6.45, 7) is 1.72. The molecule has 0 bridgehead atoms. The first-order valence-electron chi connectivity index (χ1n) is 4.94. The first kappa shape index (κ1) is 14.1. The summed E-state index contributed by atoms with van der Waals surface area (Å²) in [5, 5.41) is 6.03. The Bertz CT molecular complexity index is 434. The molecular formula is C8H16N4O3S2. The molecule has 9 heteroatoms. The van der Waals surface area contributed by atoms with Crippen LogP contribution in [0.1, 0.15) is 13.3 Å². The molecule has 1 unspecified atom stereocenters. The van der Waals surface area contributed by atoms with Crippen molar-refractivity contribution in [2.45, 2.75) is 18.9 Å². The van der Waals surface area contributed by atoms with Gasteiger partial charge in [-0.05, 0) is 13.3 Å². The highest BCUT2D eigenvalue weighted by Crippen LogP contribution is 2.22. The molecular weight excluding hydrogens is 264 g/mol. The number of hydrogen-bond acceptors (Lipinski definition) is 6. The van der Waals surface area contributed by atoms with Crippen LogP contribution in [0.4, 0.5) is 0 Å². The van der Waals surface area contributed by atoms with Crippen LogP contribution in [-0.4, -0.2) is 42.3 Å². The second-order valence-electron chi connectivity index (χ2n) is 4.21. The molecule has 98 valence electrons. The van der Waals surface area contributed by atoms with Gasteiger partial charge in [-0.1, -0.05) is 11.8 Å². The number of amidine groups is 1. The van der Waals surface area contributed by atoms with Crippen molar-refractivity contribution in [1.82, 2.24) is 5.32 Å². The lowest BCUT2D eigenvalue weighted by Gasteiger charge is -2.23. The summed E-state index contributed by atoms with van der Waals surface area (Å²) in [4.78, 5) is 11.6. The zero-order valence-electron chi connectivity index (χ0n) is 9.47. The zero-order chi connectivity index (χ0) is 13.1. The second kappa shape index (κ2) is 5.13. The summed E-state index contributed by atoms with van der Waals surface area (Å²) in [7, 11) is -3.03. The van der Waals surface area contributed by atoms with Gasteiger partial charge in [0.1, 0.15) is 0 Å². The van der Waals surface area contributed by atoms with Crippen molar-refractivity contribution in [2.24, 2.45) is 16.7 Å². The molecule has 1 aliphatic heterocycles. The van der Waals surface area contributed by atoms with E-state index in [-0.39, 0.29) is 28.3 Å². The highest BCUT2D eigenvalue weighted by Gasteiger charge is 2.39. The van der Waals surface area contributed by atoms with Gasteiger partial charge in [0.05, 0.1) is 22.8 Å². The van der Waals surface area contributed by atoms with Crippen LogP contribution >= 0.6 is 11.8 Å². The van der Waals surface area contributed by atoms with Gasteiger partial charge in [0.2, 0.25) is 5.91 Å². The van der Waals surface area contributed by atoms with Gasteiger partial charge in [-0.3, -0.25) is 4.79 Å². The van der Waals surface area contributed by atoms with E-state index in [9.17, 15) is 13.2 Å². The number of rotatable bonds is 3. The minimum Gasteiger partial charge on any atom is -0.377 e. The second-order valence-corrected chi connectivity index (χ2v) is 7.39. The van der Waals surface area contributed by atoms with E-state index in [0.29, 0.717) is 6.42 Å². The molecule has 1 heterocycles. The van der Waals surface area contributed by atoms with E-state index < -0.39 is 15.4 Å². The van der Waals surface area contributed by atoms with E-state index in [0.717, 1.165) is 11.8 Å². The van der Waals surface area contributed by atoms with Crippen molar-refractivity contribution in [1.29, 1.82) is 0 Å². The Morgan fingerprint density at radius 2 is 2.24 bits per heavy atom. The number of carbonyl (C=O) groups is 1. The van der Waals surface area contributed by atoms with Gasteiger partial charge in [-0.25, -0.2) is 8.42 Å². The number of thioether (sulfide) groups is 1. The lowest BCUT2D eigenvalue weighted by molar-refractivity contribution is -0.120. The maximum Gasteiger partial charge on any atom is 0.230 e. The average molecular weight is 280 g/mol. The van der Waals surface area contributed by atoms with Crippen LogP contribution in [0, 0.1) is 0 Å². The maximum atomic E-state index is 11.6. The van der Waals surface area contributed by atoms with E-state index >= 15 is 0 Å². The van der Waals surface area contributed by atoms with Crippen molar-refractivity contribution in [3.63, 3.8) is 0 Å². The quantitative estimate of drug-likeness (QED) is 0.252. The monoisotopic (exact) mass is 280 g/mol. The highest BCUT2D eigenvalue weighted by molar-refractivity contribution is 8.14. The molecule has 0 aromatic rings. The molecule has 0 aliphatic carbocycles. The van der Waals surface area contributed by atoms with Gasteiger partial charge >= 0.3 is 0 Å². The number of nitrogens with two attached hydrogens (primary N) is 2. The van der Waals surface area contributed by atoms with Gasteiger partial charge < -0.3 is 16.9 Å². The fourth-order valence-corrected chi connectivity index (χ4v) is 4.18. The molecule has 1 fully saturated rings. The molecule has 1 saturated heterocycles. The van der Waals surface area contributed by atoms with Crippen molar-refractivity contribution < 1.29 is 13.2 Å². The van der Waals surface area contributed by atoms with Crippen molar-refractivity contribution in [3.8, 4) is 0 Å². The maximum absolute atomic E-state index is 11.6. The predicted molar refractivity (Wildman–Crippen MR) is 68.1 cm³/mol. The van der Waals surface area contributed by atoms with Gasteiger partial charge in [-0.2, -0.15) is 5.10 Å². The topological polar surface area (TPSA) is 128 Å². The number of hydrogen-bond donors (Lipinski definition) is 3. The van der Waals surface area contributed by atoms with Crippen LogP contribution in [-0.2, 0) is 14.6 Å². The SMILES string of the molecule is CC1(NC(=O)CSC(N)=NN)CCS(=O)(=O)C1. The number of nitrogens with one attached hydrogen (secondary N) is 1. The first-order valence-corrected chi connectivity index (χ1v) is 7.75. The third-order valence-electron chi connectivity index (χ3n) is 2.42. The Morgan fingerprint density at radius 1 is 1.59 bits per heavy atom. The molecule has 0 aromatic heterocycles. The lowest BCUT2D eigenvalue weighted by Crippen LogP contribution is -2.47. The summed E-state index contributed by atoms with van der Waals surface area (Å²) in [5.41, 5.74) is 4.64. The molecule has 17 heavy (non-hydrogen) atoms. The molecule has 0 aromatic carbocycles. The third kappa shape index (κ3) is 4.43. The number of hydrazone groups is 1. The summed E-state index contributed by atoms with van der Waals surface area (Å²) < 4.78 is 22.7. The number of sulfone groups is 1. The van der Waals surface area contributed by atoms with E-state index in [1.54, 1.807) is 6.92 Å². The van der Waals surface area contributed by atoms with E-state index in [1.165, 1.54) is 0 Å². The number of carbonyl (C=O) groups excluding carboxylic acids is 1. The smallest absolute Gasteiger partial charge is 0.230 e. The molecule has 1 aliphatic rings. The fraction of sp³-hybridized carbons (Fsp3) is 0.750. The van der Waals surface area contributed by atoms with Gasteiger partial charge in [0.25, 0.3) is 0 Å². The van der Waals surface area contributed by atoms with Gasteiger partial charge in [-0.15, -0.1) is 0 Å². The summed E-state index contributed by atoms with van der Waals surface area (Å²) in [6.07, 6.45) is 0.437. The molecule has 0 spiro atoms. The largest absolute Gasteiger partial charge is 0.377 e. The van der Waals surface area contributed by atoms with Crippen LogP contribution in [0.15, 0.2) is 5.10 Å². The van der Waals surface area contributed by atoms with Crippen LogP contribution in [0.5, 0.6) is 0 Å². The minimum absolute atomic E-state index is 0.0170. The third-order valence-corrected chi connectivity index (χ3v) is 5.13. The Balaban J connectivity index is 2.47. The molecule has 7 nitrogen and oxygen atoms in total. The molecule has 1 atom stereocenters. The molecule has 1 rings (SSSR count). The van der Waals surface area contributed by atoms with Crippen molar-refractivity contribution in [3.05, 3.63) is 0 Å². The predicted octanol–water partition coefficient (Wildman–Crippen LogP) is -1.40. The molecule has 0 saturated carbocycles. The Kier molecular flexibility index (Phi) is 4.26. The van der Waals surface area contributed by atoms with Crippen molar-refractivity contribution >= 4 is 32.7 Å². The number of amides is 1. The summed E-state index contributed by atoms with van der Waals surface area (Å²) in [6, 6.07) is 0. The zero-order valence-corrected chi connectivity index (χ0v) is 11.1. The fourth-order valence-electron chi connectivity index (χ4n) is 1.66. The van der Waals surface area contributed by atoms with E-state index in [2.05, 4.69) is 10.4 Å². The Morgan fingerprint density at radius 3 is 2.71 bits per heavy atom. The van der Waals surface area contributed by atoms with E-state index in [4.69, 9.17) is 11.6 Å². The Labute approximate surface area is 104 Å². The summed E-state index contributed by atoms with van der Waals surface area (Å²) >= 11 is 1.01. The lowest BCUT2D eigenvalue weighted by atomic mass is 10.0. The molecule has 5 N–H and O–H groups in total. The average Bonchev–Trinajstić information content (AvgIpc) is 2.49. The first-order chi connectivity index (χ1) is 7.76. The molecule has 1 amide bonds. The van der Waals surface area contributed by atoms with Crippen LogP contribution in [0.25, 0.3) is 0 Å². The van der Waals surface area contributed by atoms with Crippen molar-refractivity contribution in [2.75, 3.05) is 17.3 Å². The van der Waals surface area contributed by atoms with Gasteiger partial charge in [0, 0.05) is 0 Å². The van der Waals surface area contributed by atoms with Crippen LogP contribution in [0.2, 0.25) is 0 Å². The standard InChI is InChI=1S/C8H16N4O3S2/c1-8(2-3-17(14,15)5-8)11-6(13)4-16-7(9)12-10/h2-5,10H2,1H3,(H2,9,12)(H,11,13).